The molecule has 0 spiro atoms. The van der Waals surface area contributed by atoms with Crippen molar-refractivity contribution in [3.8, 4) is 0 Å². The summed E-state index contributed by atoms with van der Waals surface area (Å²) in [4.78, 5) is 2.40. The largest absolute Gasteiger partial charge is 0.326 e. The van der Waals surface area contributed by atoms with E-state index in [1.54, 1.807) is 0 Å². The minimum atomic E-state index is 0.371. The van der Waals surface area contributed by atoms with Gasteiger partial charge in [-0.2, -0.15) is 5.10 Å². The van der Waals surface area contributed by atoms with Crippen LogP contribution in [0.1, 0.15) is 25.3 Å². The van der Waals surface area contributed by atoms with Gasteiger partial charge in [0.15, 0.2) is 0 Å². The number of aryl methyl sites for hydroxylation is 1. The highest BCUT2D eigenvalue weighted by atomic mass is 15.3. The zero-order valence-corrected chi connectivity index (χ0v) is 9.39. The van der Waals surface area contributed by atoms with E-state index in [2.05, 4.69) is 23.1 Å². The molecule has 1 fully saturated rings. The Morgan fingerprint density at radius 3 is 3.13 bits per heavy atom. The molecule has 0 amide bonds. The van der Waals surface area contributed by atoms with Crippen LogP contribution in [0.2, 0.25) is 0 Å². The fourth-order valence-corrected chi connectivity index (χ4v) is 2.10. The van der Waals surface area contributed by atoms with Crippen molar-refractivity contribution < 1.29 is 0 Å². The average Bonchev–Trinajstić information content (AvgIpc) is 2.78. The highest BCUT2D eigenvalue weighted by Gasteiger charge is 2.19. The van der Waals surface area contributed by atoms with E-state index in [-0.39, 0.29) is 0 Å². The van der Waals surface area contributed by atoms with Gasteiger partial charge in [0, 0.05) is 44.0 Å². The van der Waals surface area contributed by atoms with Crippen molar-refractivity contribution in [1.82, 2.24) is 14.7 Å². The molecule has 4 heteroatoms. The van der Waals surface area contributed by atoms with Gasteiger partial charge >= 0.3 is 0 Å². The van der Waals surface area contributed by atoms with Gasteiger partial charge in [0.25, 0.3) is 0 Å². The molecule has 0 saturated carbocycles. The van der Waals surface area contributed by atoms with Crippen LogP contribution in [0.3, 0.4) is 0 Å². The molecular weight excluding hydrogens is 188 g/mol. The Kier molecular flexibility index (Phi) is 3.38. The van der Waals surface area contributed by atoms with Gasteiger partial charge in [0.2, 0.25) is 0 Å². The summed E-state index contributed by atoms with van der Waals surface area (Å²) in [6.07, 6.45) is 6.38. The molecule has 4 nitrogen and oxygen atoms in total. The maximum Gasteiger partial charge on any atom is 0.0534 e. The van der Waals surface area contributed by atoms with Crippen molar-refractivity contribution in [2.45, 2.75) is 38.9 Å². The smallest absolute Gasteiger partial charge is 0.0534 e. The summed E-state index contributed by atoms with van der Waals surface area (Å²) in [6.45, 7) is 6.33. The fourth-order valence-electron chi connectivity index (χ4n) is 2.10. The Balaban J connectivity index is 1.87. The van der Waals surface area contributed by atoms with Gasteiger partial charge in [-0.3, -0.25) is 9.58 Å². The standard InChI is InChI=1S/C11H20N4/c1-2-4-15-8-10(6-13-15)7-14-5-3-11(12)9-14/h6,8,11H,2-5,7,9,12H2,1H3/t11-/m0/s1. The summed E-state index contributed by atoms with van der Waals surface area (Å²) in [6, 6.07) is 0.371. The SMILES string of the molecule is CCCn1cc(CN2CC[C@H](N)C2)cn1. The summed E-state index contributed by atoms with van der Waals surface area (Å²) < 4.78 is 2.02. The van der Waals surface area contributed by atoms with E-state index in [0.717, 1.165) is 39.0 Å². The third-order valence-electron chi connectivity index (χ3n) is 2.85. The van der Waals surface area contributed by atoms with E-state index >= 15 is 0 Å². The van der Waals surface area contributed by atoms with Crippen LogP contribution in [0, 0.1) is 0 Å². The zero-order chi connectivity index (χ0) is 10.7. The van der Waals surface area contributed by atoms with E-state index in [1.165, 1.54) is 5.56 Å². The molecule has 2 N–H and O–H groups in total. The van der Waals surface area contributed by atoms with Crippen molar-refractivity contribution in [1.29, 1.82) is 0 Å². The van der Waals surface area contributed by atoms with Gasteiger partial charge in [0.1, 0.15) is 0 Å². The van der Waals surface area contributed by atoms with Crippen LogP contribution in [0.25, 0.3) is 0 Å². The summed E-state index contributed by atoms with van der Waals surface area (Å²) >= 11 is 0. The molecule has 15 heavy (non-hydrogen) atoms. The van der Waals surface area contributed by atoms with Gasteiger partial charge < -0.3 is 5.73 Å². The Morgan fingerprint density at radius 1 is 1.60 bits per heavy atom. The van der Waals surface area contributed by atoms with Gasteiger partial charge in [-0.25, -0.2) is 0 Å². The van der Waals surface area contributed by atoms with Crippen LogP contribution in [0.4, 0.5) is 0 Å². The Morgan fingerprint density at radius 2 is 2.47 bits per heavy atom. The number of hydrogen-bond donors (Lipinski definition) is 1. The first-order valence-electron chi connectivity index (χ1n) is 5.77. The molecule has 1 aromatic rings. The molecule has 84 valence electrons. The second-order valence-corrected chi connectivity index (χ2v) is 4.40. The zero-order valence-electron chi connectivity index (χ0n) is 9.39. The molecule has 2 heterocycles. The quantitative estimate of drug-likeness (QED) is 0.797. The number of likely N-dealkylation sites (tertiary alicyclic amines) is 1. The Labute approximate surface area is 91.1 Å². The lowest BCUT2D eigenvalue weighted by Gasteiger charge is -2.13. The monoisotopic (exact) mass is 208 g/mol. The average molecular weight is 208 g/mol. The molecular formula is C11H20N4. The maximum atomic E-state index is 5.87. The predicted molar refractivity (Wildman–Crippen MR) is 60.4 cm³/mol. The normalized spacial score (nSPS) is 22.4. The first-order chi connectivity index (χ1) is 7.28. The molecule has 2 rings (SSSR count). The van der Waals surface area contributed by atoms with Crippen molar-refractivity contribution in [2.24, 2.45) is 5.73 Å². The number of aromatic nitrogens is 2. The maximum absolute atomic E-state index is 5.87. The van der Waals surface area contributed by atoms with E-state index < -0.39 is 0 Å². The third kappa shape index (κ3) is 2.79. The van der Waals surface area contributed by atoms with Gasteiger partial charge in [-0.15, -0.1) is 0 Å². The summed E-state index contributed by atoms with van der Waals surface area (Å²) in [5.74, 6) is 0. The number of nitrogens with zero attached hydrogens (tertiary/aromatic N) is 3. The molecule has 1 aliphatic heterocycles. The first kappa shape index (κ1) is 10.6. The lowest BCUT2D eigenvalue weighted by Crippen LogP contribution is -2.26. The highest BCUT2D eigenvalue weighted by Crippen LogP contribution is 2.11. The van der Waals surface area contributed by atoms with E-state index in [1.807, 2.05) is 10.9 Å². The van der Waals surface area contributed by atoms with E-state index in [0.29, 0.717) is 6.04 Å². The van der Waals surface area contributed by atoms with Crippen LogP contribution in [0.5, 0.6) is 0 Å². The van der Waals surface area contributed by atoms with Crippen LogP contribution in [0.15, 0.2) is 12.4 Å². The molecule has 0 radical (unpaired) electrons. The molecule has 1 atom stereocenters. The van der Waals surface area contributed by atoms with Crippen LogP contribution in [-0.2, 0) is 13.1 Å². The van der Waals surface area contributed by atoms with Crippen LogP contribution in [-0.4, -0.2) is 33.8 Å². The molecule has 0 bridgehead atoms. The first-order valence-corrected chi connectivity index (χ1v) is 5.77. The van der Waals surface area contributed by atoms with Crippen molar-refractivity contribution in [3.63, 3.8) is 0 Å². The molecule has 0 aliphatic carbocycles. The second-order valence-electron chi connectivity index (χ2n) is 4.40. The molecule has 0 aromatic carbocycles. The number of nitrogens with two attached hydrogens (primary N) is 1. The Bertz CT molecular complexity index is 307. The topological polar surface area (TPSA) is 47.1 Å². The highest BCUT2D eigenvalue weighted by molar-refractivity contribution is 5.04. The minimum Gasteiger partial charge on any atom is -0.326 e. The summed E-state index contributed by atoms with van der Waals surface area (Å²) in [5.41, 5.74) is 7.17. The van der Waals surface area contributed by atoms with Crippen molar-refractivity contribution in [3.05, 3.63) is 18.0 Å². The number of hydrogen-bond acceptors (Lipinski definition) is 3. The van der Waals surface area contributed by atoms with Crippen molar-refractivity contribution >= 4 is 0 Å². The lowest BCUT2D eigenvalue weighted by atomic mass is 10.3. The van der Waals surface area contributed by atoms with E-state index in [9.17, 15) is 0 Å². The number of rotatable bonds is 4. The second kappa shape index (κ2) is 4.77. The Hall–Kier alpha value is -0.870. The molecule has 1 saturated heterocycles. The van der Waals surface area contributed by atoms with Gasteiger partial charge in [-0.05, 0) is 12.8 Å². The van der Waals surface area contributed by atoms with Crippen LogP contribution < -0.4 is 5.73 Å². The van der Waals surface area contributed by atoms with Gasteiger partial charge in [0.05, 0.1) is 6.20 Å². The third-order valence-corrected chi connectivity index (χ3v) is 2.85. The predicted octanol–water partition coefficient (Wildman–Crippen LogP) is 0.826. The van der Waals surface area contributed by atoms with Crippen LogP contribution >= 0.6 is 0 Å². The molecule has 1 aromatic heterocycles. The molecule has 0 unspecified atom stereocenters. The summed E-state index contributed by atoms with van der Waals surface area (Å²) in [7, 11) is 0. The van der Waals surface area contributed by atoms with Crippen molar-refractivity contribution in [2.75, 3.05) is 13.1 Å². The fraction of sp³-hybridized carbons (Fsp3) is 0.727. The lowest BCUT2D eigenvalue weighted by molar-refractivity contribution is 0.327. The van der Waals surface area contributed by atoms with Gasteiger partial charge in [-0.1, -0.05) is 6.92 Å². The molecule has 1 aliphatic rings. The summed E-state index contributed by atoms with van der Waals surface area (Å²) in [5, 5.41) is 4.33. The minimum absolute atomic E-state index is 0.371. The van der Waals surface area contributed by atoms with E-state index in [4.69, 9.17) is 5.73 Å².